The van der Waals surface area contributed by atoms with Crippen molar-refractivity contribution in [2.24, 2.45) is 0 Å². The smallest absolute Gasteiger partial charge is 0.206 e. The summed E-state index contributed by atoms with van der Waals surface area (Å²) in [5.41, 5.74) is -0.188. The highest BCUT2D eigenvalue weighted by atomic mass is 16.5. The monoisotopic (exact) mass is 334 g/mol. The van der Waals surface area contributed by atoms with E-state index in [4.69, 9.17) is 4.74 Å². The Kier molecular flexibility index (Phi) is 4.41. The van der Waals surface area contributed by atoms with E-state index >= 15 is 0 Å². The van der Waals surface area contributed by atoms with E-state index in [9.17, 15) is 35.4 Å². The molecule has 6 N–H and O–H groups in total. The van der Waals surface area contributed by atoms with Crippen molar-refractivity contribution in [3.8, 4) is 40.2 Å². The van der Waals surface area contributed by atoms with Gasteiger partial charge < -0.3 is 35.4 Å². The summed E-state index contributed by atoms with van der Waals surface area (Å²) in [5, 5.41) is 57.2. The van der Waals surface area contributed by atoms with Gasteiger partial charge in [-0.2, -0.15) is 0 Å². The van der Waals surface area contributed by atoms with Crippen molar-refractivity contribution in [1.29, 1.82) is 0 Å². The molecule has 0 aromatic heterocycles. The lowest BCUT2D eigenvalue weighted by Gasteiger charge is -2.09. The molecule has 0 fully saturated rings. The first-order valence-corrected chi connectivity index (χ1v) is 6.55. The number of carbonyl (C=O) groups excluding carboxylic acids is 1. The van der Waals surface area contributed by atoms with Crippen molar-refractivity contribution < 1.29 is 40.2 Å². The van der Waals surface area contributed by atoms with Gasteiger partial charge in [0.25, 0.3) is 0 Å². The molecule has 0 unspecified atom stereocenters. The summed E-state index contributed by atoms with van der Waals surface area (Å²) in [6.45, 7) is 0. The minimum Gasteiger partial charge on any atom is -0.504 e. The number of rotatable bonds is 4. The molecular formula is C16H14O8. The number of hydrogen-bond donors (Lipinski definition) is 6. The summed E-state index contributed by atoms with van der Waals surface area (Å²) in [5.74, 6) is -4.82. The van der Waals surface area contributed by atoms with E-state index in [-0.39, 0.29) is 16.9 Å². The molecule has 126 valence electrons. The number of allylic oxidation sites excluding steroid dienone is 1. The molecule has 8 heteroatoms. The average molecular weight is 334 g/mol. The van der Waals surface area contributed by atoms with Crippen LogP contribution in [0.4, 0.5) is 0 Å². The van der Waals surface area contributed by atoms with Gasteiger partial charge in [-0.25, -0.2) is 0 Å². The Bertz CT molecular complexity index is 815. The van der Waals surface area contributed by atoms with Crippen LogP contribution >= 0.6 is 0 Å². The van der Waals surface area contributed by atoms with Gasteiger partial charge in [-0.15, -0.1) is 0 Å². The molecule has 0 spiro atoms. The topological polar surface area (TPSA) is 148 Å². The number of carbonyl (C=O) groups is 1. The summed E-state index contributed by atoms with van der Waals surface area (Å²) in [7, 11) is 1.19. The van der Waals surface area contributed by atoms with Crippen molar-refractivity contribution in [3.05, 3.63) is 35.4 Å². The highest BCUT2D eigenvalue weighted by Crippen LogP contribution is 2.45. The molecule has 0 radical (unpaired) electrons. The number of aromatic hydroxyl groups is 6. The second-order valence-electron chi connectivity index (χ2n) is 4.78. The molecule has 2 rings (SSSR count). The number of methoxy groups -OCH3 is 1. The highest BCUT2D eigenvalue weighted by molar-refractivity contribution is 6.07. The predicted octanol–water partition coefficient (Wildman–Crippen LogP) is 1.82. The molecule has 24 heavy (non-hydrogen) atoms. The van der Waals surface area contributed by atoms with Crippen molar-refractivity contribution in [2.75, 3.05) is 7.11 Å². The van der Waals surface area contributed by atoms with Gasteiger partial charge in [-0.05, 0) is 30.4 Å². The van der Waals surface area contributed by atoms with E-state index in [1.165, 1.54) is 7.11 Å². The molecule has 0 aliphatic heterocycles. The Hall–Kier alpha value is -3.55. The molecule has 0 amide bonds. The zero-order valence-electron chi connectivity index (χ0n) is 12.4. The van der Waals surface area contributed by atoms with Crippen LogP contribution in [0.15, 0.2) is 24.3 Å². The normalized spacial score (nSPS) is 10.9. The summed E-state index contributed by atoms with van der Waals surface area (Å²) in [6, 6.07) is 2.97. The summed E-state index contributed by atoms with van der Waals surface area (Å²) >= 11 is 0. The Morgan fingerprint density at radius 2 is 1.46 bits per heavy atom. The first-order valence-electron chi connectivity index (χ1n) is 6.55. The molecular weight excluding hydrogens is 320 g/mol. The molecule has 0 bridgehead atoms. The van der Waals surface area contributed by atoms with Crippen molar-refractivity contribution in [1.82, 2.24) is 0 Å². The van der Waals surface area contributed by atoms with Gasteiger partial charge in [0.05, 0.1) is 7.11 Å². The average Bonchev–Trinajstić information content (AvgIpc) is 2.54. The zero-order valence-corrected chi connectivity index (χ0v) is 12.4. The van der Waals surface area contributed by atoms with Crippen LogP contribution in [0.2, 0.25) is 0 Å². The number of hydrogen-bond acceptors (Lipinski definition) is 8. The van der Waals surface area contributed by atoms with Crippen molar-refractivity contribution in [3.63, 3.8) is 0 Å². The van der Waals surface area contributed by atoms with Crippen LogP contribution in [0.5, 0.6) is 40.2 Å². The van der Waals surface area contributed by atoms with Gasteiger partial charge in [-0.3, -0.25) is 4.79 Å². The maximum atomic E-state index is 12.0. The van der Waals surface area contributed by atoms with Crippen molar-refractivity contribution in [2.45, 2.75) is 0 Å². The molecule has 0 heterocycles. The fourth-order valence-corrected chi connectivity index (χ4v) is 1.98. The second kappa shape index (κ2) is 6.29. The third kappa shape index (κ3) is 2.98. The Balaban J connectivity index is 2.36. The first-order chi connectivity index (χ1) is 11.3. The maximum Gasteiger partial charge on any atom is 0.206 e. The van der Waals surface area contributed by atoms with Gasteiger partial charge in [0.2, 0.25) is 11.5 Å². The SMILES string of the molecule is COc1c(O)cc(C=CC(=O)c2cc(O)c(O)c(O)c2)c(O)c1O. The Morgan fingerprint density at radius 1 is 0.875 bits per heavy atom. The van der Waals surface area contributed by atoms with Gasteiger partial charge in [0.15, 0.2) is 34.5 Å². The van der Waals surface area contributed by atoms with Crippen LogP contribution < -0.4 is 4.74 Å². The minimum absolute atomic E-state index is 0.0635. The lowest BCUT2D eigenvalue weighted by atomic mass is 10.1. The second-order valence-corrected chi connectivity index (χ2v) is 4.78. The van der Waals surface area contributed by atoms with Crippen LogP contribution in [0, 0.1) is 0 Å². The Labute approximate surface area is 135 Å². The van der Waals surface area contributed by atoms with Crippen LogP contribution in [0.3, 0.4) is 0 Å². The largest absolute Gasteiger partial charge is 0.504 e. The number of ether oxygens (including phenoxy) is 1. The number of ketones is 1. The maximum absolute atomic E-state index is 12.0. The van der Waals surface area contributed by atoms with Crippen molar-refractivity contribution >= 4 is 11.9 Å². The summed E-state index contributed by atoms with van der Waals surface area (Å²) in [4.78, 5) is 12.0. The van der Waals surface area contributed by atoms with E-state index < -0.39 is 40.3 Å². The number of phenolic OH excluding ortho intramolecular Hbond substituents is 6. The van der Waals surface area contributed by atoms with E-state index in [1.54, 1.807) is 0 Å². The third-order valence-electron chi connectivity index (χ3n) is 3.21. The standard InChI is InChI=1S/C16H14O8/c1-24-16-12(20)4-7(13(21)15(16)23)2-3-9(17)8-5-10(18)14(22)11(19)6-8/h2-6,18-23H,1H3. The van der Waals surface area contributed by atoms with Gasteiger partial charge >= 0.3 is 0 Å². The molecule has 2 aromatic rings. The Morgan fingerprint density at radius 3 is 2.00 bits per heavy atom. The van der Waals surface area contributed by atoms with Crippen LogP contribution in [-0.4, -0.2) is 43.5 Å². The molecule has 0 saturated carbocycles. The third-order valence-corrected chi connectivity index (χ3v) is 3.21. The van der Waals surface area contributed by atoms with Crippen LogP contribution in [0.1, 0.15) is 15.9 Å². The van der Waals surface area contributed by atoms with Gasteiger partial charge in [-0.1, -0.05) is 0 Å². The molecule has 0 saturated heterocycles. The molecule has 0 aliphatic rings. The van der Waals surface area contributed by atoms with E-state index in [0.717, 1.165) is 30.4 Å². The molecule has 0 atom stereocenters. The number of phenols is 6. The fraction of sp³-hybridized carbons (Fsp3) is 0.0625. The first kappa shape index (κ1) is 16.8. The van der Waals surface area contributed by atoms with E-state index in [2.05, 4.69) is 0 Å². The molecule has 8 nitrogen and oxygen atoms in total. The number of benzene rings is 2. The van der Waals surface area contributed by atoms with Crippen LogP contribution in [0.25, 0.3) is 6.08 Å². The van der Waals surface area contributed by atoms with E-state index in [1.807, 2.05) is 0 Å². The van der Waals surface area contributed by atoms with E-state index in [0.29, 0.717) is 0 Å². The summed E-state index contributed by atoms with van der Waals surface area (Å²) in [6.07, 6.45) is 2.09. The van der Waals surface area contributed by atoms with Crippen LogP contribution in [-0.2, 0) is 0 Å². The quantitative estimate of drug-likeness (QED) is 0.215. The fourth-order valence-electron chi connectivity index (χ4n) is 1.98. The summed E-state index contributed by atoms with van der Waals surface area (Å²) < 4.78 is 4.71. The molecule has 0 aliphatic carbocycles. The van der Waals surface area contributed by atoms with Gasteiger partial charge in [0, 0.05) is 11.1 Å². The zero-order chi connectivity index (χ0) is 18.0. The predicted molar refractivity (Wildman–Crippen MR) is 82.8 cm³/mol. The lowest BCUT2D eigenvalue weighted by molar-refractivity contribution is 0.104. The minimum atomic E-state index is -0.752. The molecule has 2 aromatic carbocycles. The van der Waals surface area contributed by atoms with Gasteiger partial charge in [0.1, 0.15) is 0 Å². The lowest BCUT2D eigenvalue weighted by Crippen LogP contribution is -1.94. The highest BCUT2D eigenvalue weighted by Gasteiger charge is 2.17.